The van der Waals surface area contributed by atoms with Crippen molar-refractivity contribution in [3.8, 4) is 0 Å². The van der Waals surface area contributed by atoms with Crippen molar-refractivity contribution in [3.63, 3.8) is 0 Å². The maximum atomic E-state index is 13.9. The van der Waals surface area contributed by atoms with E-state index in [4.69, 9.17) is 4.74 Å². The largest absolute Gasteiger partial charge is 0.379 e. The van der Waals surface area contributed by atoms with E-state index in [1.165, 1.54) is 6.42 Å². The van der Waals surface area contributed by atoms with Crippen molar-refractivity contribution in [1.82, 2.24) is 19.7 Å². The molecule has 7 nitrogen and oxygen atoms in total. The summed E-state index contributed by atoms with van der Waals surface area (Å²) in [4.78, 5) is 32.0. The Bertz CT molecular complexity index is 1040. The zero-order valence-electron chi connectivity index (χ0n) is 20.7. The van der Waals surface area contributed by atoms with Gasteiger partial charge in [-0.3, -0.25) is 14.5 Å². The molecule has 34 heavy (non-hydrogen) atoms. The number of fused-ring (bicyclic) bond motifs is 3. The number of rotatable bonds is 6. The number of aromatic nitrogens is 1. The number of hydrogen-bond donors (Lipinski definition) is 1. The first-order chi connectivity index (χ1) is 16.4. The van der Waals surface area contributed by atoms with Crippen LogP contribution in [0, 0.1) is 11.8 Å². The third-order valence-corrected chi connectivity index (χ3v) is 9.37. The maximum absolute atomic E-state index is 13.9. The van der Waals surface area contributed by atoms with Gasteiger partial charge >= 0.3 is 0 Å². The topological polar surface area (TPSA) is 66.8 Å². The van der Waals surface area contributed by atoms with Crippen LogP contribution in [0.2, 0.25) is 0 Å². The second-order valence-electron chi connectivity index (χ2n) is 10.7. The molecule has 0 bridgehead atoms. The highest BCUT2D eigenvalue weighted by atomic mass is 32.1. The average molecular weight is 487 g/mol. The van der Waals surface area contributed by atoms with E-state index in [1.807, 2.05) is 17.9 Å². The Kier molecular flexibility index (Phi) is 6.75. The SMILES string of the molecule is CC1CCCC(NC(=O)C2(C)Cn3c(cc4sccc43)C(=O)N2CCCN2CCOCC2)C1C. The lowest BCUT2D eigenvalue weighted by atomic mass is 9.77. The number of ether oxygens (including phenoxy) is 1. The molecule has 3 aliphatic rings. The number of thiophene rings is 1. The molecule has 186 valence electrons. The van der Waals surface area contributed by atoms with Crippen LogP contribution in [0.4, 0.5) is 0 Å². The molecule has 0 spiro atoms. The van der Waals surface area contributed by atoms with Gasteiger partial charge < -0.3 is 19.5 Å². The number of hydrogen-bond acceptors (Lipinski definition) is 5. The van der Waals surface area contributed by atoms with Gasteiger partial charge in [-0.25, -0.2) is 0 Å². The Hall–Kier alpha value is -1.90. The van der Waals surface area contributed by atoms with Gasteiger partial charge in [0.1, 0.15) is 11.2 Å². The van der Waals surface area contributed by atoms with E-state index < -0.39 is 5.54 Å². The molecule has 1 aliphatic carbocycles. The normalized spacial score (nSPS) is 30.5. The van der Waals surface area contributed by atoms with E-state index in [1.54, 1.807) is 11.3 Å². The standard InChI is InChI=1S/C26H38N4O3S/c1-18-6-4-7-20(19(18)2)27-25(32)26(3)17-29-21-8-15-34-23(21)16-22(29)24(31)30(26)10-5-9-28-11-13-33-14-12-28/h8,15-16,18-20H,4-7,9-14,17H2,1-3H3,(H,27,32). The van der Waals surface area contributed by atoms with Crippen molar-refractivity contribution in [2.75, 3.05) is 39.4 Å². The van der Waals surface area contributed by atoms with Crippen LogP contribution in [-0.2, 0) is 16.1 Å². The lowest BCUT2D eigenvalue weighted by Gasteiger charge is -2.46. The molecule has 2 aliphatic heterocycles. The molecule has 0 aromatic carbocycles. The Labute approximate surface area is 206 Å². The van der Waals surface area contributed by atoms with Gasteiger partial charge in [0, 0.05) is 32.2 Å². The molecular weight excluding hydrogens is 448 g/mol. The molecule has 2 aromatic rings. The lowest BCUT2D eigenvalue weighted by molar-refractivity contribution is -0.134. The van der Waals surface area contributed by atoms with Crippen LogP contribution >= 0.6 is 11.3 Å². The summed E-state index contributed by atoms with van der Waals surface area (Å²) in [5.74, 6) is 1.01. The van der Waals surface area contributed by atoms with Gasteiger partial charge in [0.05, 0.1) is 30.0 Å². The highest BCUT2D eigenvalue weighted by Crippen LogP contribution is 2.35. The smallest absolute Gasteiger partial charge is 0.271 e. The molecule has 2 aromatic heterocycles. The van der Waals surface area contributed by atoms with Gasteiger partial charge in [-0.15, -0.1) is 11.3 Å². The molecule has 0 radical (unpaired) electrons. The zero-order chi connectivity index (χ0) is 23.9. The van der Waals surface area contributed by atoms with Crippen LogP contribution in [0.1, 0.15) is 56.9 Å². The van der Waals surface area contributed by atoms with Crippen LogP contribution in [0.15, 0.2) is 17.5 Å². The number of carbonyl (C=O) groups is 2. The summed E-state index contributed by atoms with van der Waals surface area (Å²) in [6.07, 6.45) is 4.23. The summed E-state index contributed by atoms with van der Waals surface area (Å²) in [7, 11) is 0. The fourth-order valence-electron chi connectivity index (χ4n) is 6.01. The summed E-state index contributed by atoms with van der Waals surface area (Å²) >= 11 is 1.65. The minimum absolute atomic E-state index is 0.0131. The fourth-order valence-corrected chi connectivity index (χ4v) is 6.83. The van der Waals surface area contributed by atoms with E-state index in [0.717, 1.165) is 62.3 Å². The molecule has 8 heteroatoms. The van der Waals surface area contributed by atoms with Gasteiger partial charge in [0.2, 0.25) is 5.91 Å². The number of amides is 2. The summed E-state index contributed by atoms with van der Waals surface area (Å²) in [5, 5.41) is 5.45. The van der Waals surface area contributed by atoms with Crippen molar-refractivity contribution in [3.05, 3.63) is 23.2 Å². The van der Waals surface area contributed by atoms with Gasteiger partial charge in [-0.1, -0.05) is 26.7 Å². The van der Waals surface area contributed by atoms with E-state index in [-0.39, 0.29) is 17.9 Å². The molecule has 4 heterocycles. The second kappa shape index (κ2) is 9.63. The van der Waals surface area contributed by atoms with Crippen LogP contribution in [0.25, 0.3) is 10.2 Å². The quantitative estimate of drug-likeness (QED) is 0.678. The van der Waals surface area contributed by atoms with Crippen LogP contribution in [-0.4, -0.2) is 77.2 Å². The summed E-state index contributed by atoms with van der Waals surface area (Å²) in [5.41, 5.74) is 0.849. The third-order valence-electron chi connectivity index (χ3n) is 8.52. The van der Waals surface area contributed by atoms with E-state index >= 15 is 0 Å². The number of carbonyl (C=O) groups excluding carboxylic acids is 2. The van der Waals surface area contributed by atoms with E-state index in [0.29, 0.717) is 30.6 Å². The van der Waals surface area contributed by atoms with Gasteiger partial charge in [-0.2, -0.15) is 0 Å². The Balaban J connectivity index is 1.39. The van der Waals surface area contributed by atoms with E-state index in [9.17, 15) is 9.59 Å². The minimum Gasteiger partial charge on any atom is -0.379 e. The average Bonchev–Trinajstić information content (AvgIpc) is 3.42. The lowest BCUT2D eigenvalue weighted by Crippen LogP contribution is -2.65. The van der Waals surface area contributed by atoms with Crippen LogP contribution in [0.3, 0.4) is 0 Å². The Morgan fingerprint density at radius 3 is 2.82 bits per heavy atom. The second-order valence-corrected chi connectivity index (χ2v) is 11.6. The summed E-state index contributed by atoms with van der Waals surface area (Å²) in [6, 6.07) is 4.24. The van der Waals surface area contributed by atoms with Crippen molar-refractivity contribution >= 4 is 33.4 Å². The molecule has 2 amide bonds. The zero-order valence-corrected chi connectivity index (χ0v) is 21.5. The van der Waals surface area contributed by atoms with Crippen molar-refractivity contribution in [1.29, 1.82) is 0 Å². The van der Waals surface area contributed by atoms with Crippen molar-refractivity contribution in [2.24, 2.45) is 11.8 Å². The van der Waals surface area contributed by atoms with Crippen LogP contribution in [0.5, 0.6) is 0 Å². The predicted octanol–water partition coefficient (Wildman–Crippen LogP) is 3.58. The molecule has 4 atom stereocenters. The molecule has 1 N–H and O–H groups in total. The van der Waals surface area contributed by atoms with Gasteiger partial charge in [0.25, 0.3) is 5.91 Å². The molecule has 4 unspecified atom stereocenters. The molecule has 1 saturated heterocycles. The number of morpholine rings is 1. The monoisotopic (exact) mass is 486 g/mol. The minimum atomic E-state index is -0.913. The van der Waals surface area contributed by atoms with Crippen molar-refractivity contribution < 1.29 is 14.3 Å². The number of nitrogens with one attached hydrogen (secondary N) is 1. The molecule has 5 rings (SSSR count). The summed E-state index contributed by atoms with van der Waals surface area (Å²) < 4.78 is 8.64. The molecular formula is C26H38N4O3S. The molecule has 1 saturated carbocycles. The van der Waals surface area contributed by atoms with Crippen molar-refractivity contribution in [2.45, 2.75) is 64.6 Å². The maximum Gasteiger partial charge on any atom is 0.271 e. The third kappa shape index (κ3) is 4.29. The van der Waals surface area contributed by atoms with Gasteiger partial charge in [-0.05, 0) is 49.1 Å². The first kappa shape index (κ1) is 23.8. The Morgan fingerprint density at radius 2 is 2.03 bits per heavy atom. The predicted molar refractivity (Wildman–Crippen MR) is 135 cm³/mol. The first-order valence-electron chi connectivity index (χ1n) is 12.9. The molecule has 2 fully saturated rings. The number of nitrogens with zero attached hydrogens (tertiary/aromatic N) is 3. The van der Waals surface area contributed by atoms with Crippen LogP contribution < -0.4 is 5.32 Å². The van der Waals surface area contributed by atoms with Gasteiger partial charge in [0.15, 0.2) is 0 Å². The summed E-state index contributed by atoms with van der Waals surface area (Å²) in [6.45, 7) is 11.9. The fraction of sp³-hybridized carbons (Fsp3) is 0.692. The Morgan fingerprint density at radius 1 is 1.24 bits per heavy atom. The van der Waals surface area contributed by atoms with E-state index in [2.05, 4.69) is 40.1 Å². The highest BCUT2D eigenvalue weighted by molar-refractivity contribution is 7.17. The first-order valence-corrected chi connectivity index (χ1v) is 13.8. The highest BCUT2D eigenvalue weighted by Gasteiger charge is 2.48.